The van der Waals surface area contributed by atoms with E-state index in [-0.39, 0.29) is 0 Å². The molecule has 3 nitrogen and oxygen atoms in total. The summed E-state index contributed by atoms with van der Waals surface area (Å²) in [6.07, 6.45) is -3.00. The van der Waals surface area contributed by atoms with Crippen LogP contribution >= 0.6 is 23.5 Å². The van der Waals surface area contributed by atoms with E-state index in [1.807, 2.05) is 0 Å². The number of carbonyl (C=O) groups excluding carboxylic acids is 2. The van der Waals surface area contributed by atoms with Crippen molar-refractivity contribution in [3.63, 3.8) is 0 Å². The Morgan fingerprint density at radius 3 is 1.78 bits per heavy atom. The summed E-state index contributed by atoms with van der Waals surface area (Å²) >= 11 is 0.796. The van der Waals surface area contributed by atoms with E-state index in [1.54, 1.807) is 41.5 Å². The van der Waals surface area contributed by atoms with Gasteiger partial charge in [0.25, 0.3) is 5.12 Å². The molecule has 0 saturated heterocycles. The molecule has 0 saturated carbocycles. The number of aliphatic hydroxyl groups is 1. The molecular formula is C19H25F3O3S2. The van der Waals surface area contributed by atoms with Gasteiger partial charge in [-0.15, -0.1) is 0 Å². The Morgan fingerprint density at radius 2 is 1.37 bits per heavy atom. The van der Waals surface area contributed by atoms with Crippen molar-refractivity contribution < 1.29 is 27.9 Å². The molecule has 0 radical (unpaired) electrons. The first-order valence-corrected chi connectivity index (χ1v) is 9.92. The fourth-order valence-corrected chi connectivity index (χ4v) is 3.92. The van der Waals surface area contributed by atoms with Gasteiger partial charge < -0.3 is 5.11 Å². The third-order valence-electron chi connectivity index (χ3n) is 3.33. The highest BCUT2D eigenvalue weighted by molar-refractivity contribution is 8.15. The molecular weight excluding hydrogens is 397 g/mol. The fourth-order valence-electron chi connectivity index (χ4n) is 2.20. The molecule has 2 unspecified atom stereocenters. The molecule has 0 bridgehead atoms. The Morgan fingerprint density at radius 1 is 0.926 bits per heavy atom. The minimum atomic E-state index is -4.53. The second-order valence-corrected chi connectivity index (χ2v) is 11.7. The van der Waals surface area contributed by atoms with Crippen LogP contribution in [-0.2, 0) is 15.2 Å². The predicted molar refractivity (Wildman–Crippen MR) is 105 cm³/mol. The van der Waals surface area contributed by atoms with E-state index in [0.717, 1.165) is 12.1 Å². The fraction of sp³-hybridized carbons (Fsp3) is 0.579. The van der Waals surface area contributed by atoms with Gasteiger partial charge >= 0.3 is 5.92 Å². The summed E-state index contributed by atoms with van der Waals surface area (Å²) in [7, 11) is 0. The molecule has 0 aliphatic heterocycles. The summed E-state index contributed by atoms with van der Waals surface area (Å²) in [5.41, 5.74) is -4.15. The lowest BCUT2D eigenvalue weighted by Gasteiger charge is -2.38. The molecule has 1 aromatic rings. The van der Waals surface area contributed by atoms with Crippen molar-refractivity contribution in [1.82, 2.24) is 0 Å². The largest absolute Gasteiger partial charge is 0.376 e. The molecule has 1 N–H and O–H groups in total. The second kappa shape index (κ2) is 8.17. The van der Waals surface area contributed by atoms with E-state index in [0.29, 0.717) is 23.5 Å². The lowest BCUT2D eigenvalue weighted by molar-refractivity contribution is -0.207. The van der Waals surface area contributed by atoms with Gasteiger partial charge in [-0.1, -0.05) is 95.4 Å². The van der Waals surface area contributed by atoms with Crippen LogP contribution in [0.15, 0.2) is 30.3 Å². The Hall–Kier alpha value is -0.990. The maximum absolute atomic E-state index is 15.1. The molecule has 1 aromatic carbocycles. The van der Waals surface area contributed by atoms with Gasteiger partial charge in [0.05, 0.1) is 0 Å². The summed E-state index contributed by atoms with van der Waals surface area (Å²) < 4.78 is 43.7. The van der Waals surface area contributed by atoms with Crippen LogP contribution in [0.5, 0.6) is 0 Å². The van der Waals surface area contributed by atoms with Crippen molar-refractivity contribution in [2.45, 2.75) is 68.7 Å². The minimum Gasteiger partial charge on any atom is -0.376 e. The van der Waals surface area contributed by atoms with Crippen molar-refractivity contribution in [3.05, 3.63) is 35.9 Å². The molecule has 0 aromatic heterocycles. The number of carbonyl (C=O) groups is 2. The molecule has 2 atom stereocenters. The first-order valence-electron chi connectivity index (χ1n) is 8.28. The number of hydrogen-bond donors (Lipinski definition) is 1. The number of halogens is 3. The summed E-state index contributed by atoms with van der Waals surface area (Å²) in [5.74, 6) is -4.53. The van der Waals surface area contributed by atoms with E-state index >= 15 is 13.2 Å². The third kappa shape index (κ3) is 5.74. The molecule has 0 fully saturated rings. The minimum absolute atomic E-state index is 0.294. The Kier molecular flexibility index (Phi) is 7.28. The van der Waals surface area contributed by atoms with Crippen LogP contribution in [0.25, 0.3) is 0 Å². The molecule has 0 amide bonds. The smallest absolute Gasteiger partial charge is 0.350 e. The van der Waals surface area contributed by atoms with Crippen molar-refractivity contribution in [2.24, 2.45) is 0 Å². The standard InChI is InChI=1S/C19H25F3O3S2/c1-16(2,3)26-14(23)13(20)18(25,12-10-8-7-9-11-12)19(21,22)15(24)27-17(4,5)6/h7-11,13,25H,1-6H3. The maximum Gasteiger partial charge on any atom is 0.350 e. The van der Waals surface area contributed by atoms with Crippen LogP contribution in [0.2, 0.25) is 0 Å². The first-order chi connectivity index (χ1) is 12.0. The van der Waals surface area contributed by atoms with Crippen LogP contribution in [0.4, 0.5) is 13.2 Å². The lowest BCUT2D eigenvalue weighted by Crippen LogP contribution is -2.58. The molecule has 0 spiro atoms. The van der Waals surface area contributed by atoms with Crippen LogP contribution in [0.1, 0.15) is 47.1 Å². The summed E-state index contributed by atoms with van der Waals surface area (Å²) in [6, 6.07) is 6.29. The number of rotatable bonds is 5. The molecule has 27 heavy (non-hydrogen) atoms. The van der Waals surface area contributed by atoms with Crippen LogP contribution < -0.4 is 0 Å². The second-order valence-electron chi connectivity index (χ2n) is 8.10. The monoisotopic (exact) mass is 422 g/mol. The average Bonchev–Trinajstić information content (AvgIpc) is 2.50. The number of thioether (sulfide) groups is 2. The topological polar surface area (TPSA) is 54.4 Å². The van der Waals surface area contributed by atoms with Crippen molar-refractivity contribution >= 4 is 33.8 Å². The van der Waals surface area contributed by atoms with Gasteiger partial charge in [-0.25, -0.2) is 4.39 Å². The molecule has 0 aliphatic carbocycles. The number of benzene rings is 1. The average molecular weight is 423 g/mol. The van der Waals surface area contributed by atoms with Gasteiger partial charge in [0.2, 0.25) is 16.9 Å². The Balaban J connectivity index is 3.48. The highest BCUT2D eigenvalue weighted by atomic mass is 32.2. The van der Waals surface area contributed by atoms with Gasteiger partial charge in [-0.05, 0) is 5.56 Å². The third-order valence-corrected chi connectivity index (χ3v) is 5.40. The van der Waals surface area contributed by atoms with Gasteiger partial charge in [0.1, 0.15) is 0 Å². The van der Waals surface area contributed by atoms with Crippen molar-refractivity contribution in [3.8, 4) is 0 Å². The normalized spacial score (nSPS) is 16.5. The first kappa shape index (κ1) is 24.0. The summed E-state index contributed by atoms with van der Waals surface area (Å²) in [4.78, 5) is 24.6. The van der Waals surface area contributed by atoms with E-state index in [9.17, 15) is 14.7 Å². The predicted octanol–water partition coefficient (Wildman–Crippen LogP) is 4.96. The maximum atomic E-state index is 15.1. The Bertz CT molecular complexity index is 682. The van der Waals surface area contributed by atoms with Crippen molar-refractivity contribution in [1.29, 1.82) is 0 Å². The van der Waals surface area contributed by atoms with Gasteiger partial charge in [0.15, 0.2) is 0 Å². The van der Waals surface area contributed by atoms with Crippen LogP contribution in [0.3, 0.4) is 0 Å². The van der Waals surface area contributed by atoms with Gasteiger partial charge in [-0.3, -0.25) is 9.59 Å². The zero-order valence-corrected chi connectivity index (χ0v) is 17.8. The molecule has 0 aliphatic rings. The van der Waals surface area contributed by atoms with Crippen LogP contribution in [0, 0.1) is 0 Å². The summed E-state index contributed by atoms with van der Waals surface area (Å²) in [6.45, 7) is 9.47. The zero-order valence-electron chi connectivity index (χ0n) is 16.2. The molecule has 0 heterocycles. The number of alkyl halides is 3. The number of hydrogen-bond acceptors (Lipinski definition) is 5. The van der Waals surface area contributed by atoms with Crippen LogP contribution in [-0.4, -0.2) is 36.9 Å². The summed E-state index contributed by atoms with van der Waals surface area (Å²) in [5, 5.41) is 7.86. The highest BCUT2D eigenvalue weighted by Gasteiger charge is 2.66. The zero-order chi connectivity index (χ0) is 21.3. The molecule has 8 heteroatoms. The quantitative estimate of drug-likeness (QED) is 0.727. The van der Waals surface area contributed by atoms with Gasteiger partial charge in [-0.2, -0.15) is 8.78 Å². The lowest BCUT2D eigenvalue weighted by atomic mass is 9.83. The van der Waals surface area contributed by atoms with Crippen molar-refractivity contribution in [2.75, 3.05) is 0 Å². The van der Waals surface area contributed by atoms with E-state index in [2.05, 4.69) is 0 Å². The molecule has 1 rings (SSSR count). The SMILES string of the molecule is CC(C)(C)SC(=O)C(F)C(O)(c1ccccc1)C(F)(F)C(=O)SC(C)(C)C. The Labute approximate surface area is 166 Å². The molecule has 152 valence electrons. The highest BCUT2D eigenvalue weighted by Crippen LogP contribution is 2.47. The van der Waals surface area contributed by atoms with E-state index in [4.69, 9.17) is 0 Å². The van der Waals surface area contributed by atoms with E-state index in [1.165, 1.54) is 18.2 Å². The van der Waals surface area contributed by atoms with Gasteiger partial charge in [0, 0.05) is 9.49 Å². The van der Waals surface area contributed by atoms with E-state index < -0.39 is 43.0 Å².